The van der Waals surface area contributed by atoms with E-state index in [4.69, 9.17) is 10.9 Å². The zero-order valence-corrected chi connectivity index (χ0v) is 8.51. The Morgan fingerprint density at radius 3 is 2.44 bits per heavy atom. The predicted molar refractivity (Wildman–Crippen MR) is 56.7 cm³/mol. The van der Waals surface area contributed by atoms with E-state index in [1.54, 1.807) is 30.3 Å². The molecule has 0 saturated carbocycles. The van der Waals surface area contributed by atoms with Gasteiger partial charge in [-0.3, -0.25) is 14.8 Å². The molecule has 0 unspecified atom stereocenters. The molecule has 1 aromatic carbocycles. The van der Waals surface area contributed by atoms with Crippen LogP contribution in [0.4, 0.5) is 0 Å². The second-order valence-corrected chi connectivity index (χ2v) is 3.10. The first kappa shape index (κ1) is 12.2. The van der Waals surface area contributed by atoms with Crippen LogP contribution < -0.4 is 16.5 Å². The second-order valence-electron chi connectivity index (χ2n) is 3.10. The molecule has 6 nitrogen and oxygen atoms in total. The van der Waals surface area contributed by atoms with E-state index in [0.717, 1.165) is 0 Å². The first-order valence-corrected chi connectivity index (χ1v) is 4.69. The summed E-state index contributed by atoms with van der Waals surface area (Å²) < 4.78 is 0. The number of nitrogens with one attached hydrogen (secondary N) is 2. The summed E-state index contributed by atoms with van der Waals surface area (Å²) in [6, 6.07) is 7.46. The highest BCUT2D eigenvalue weighted by Crippen LogP contribution is 1.98. The summed E-state index contributed by atoms with van der Waals surface area (Å²) in [5, 5.41) is 10.8. The molecule has 16 heavy (non-hydrogen) atoms. The minimum absolute atomic E-state index is 0.0923. The molecule has 0 fully saturated rings. The molecule has 0 aliphatic heterocycles. The maximum Gasteiger partial charge on any atom is 0.267 e. The molecule has 2 amide bonds. The lowest BCUT2D eigenvalue weighted by Crippen LogP contribution is -2.50. The average Bonchev–Trinajstić information content (AvgIpc) is 2.35. The van der Waals surface area contributed by atoms with Crippen LogP contribution in [0, 0.1) is 0 Å². The van der Waals surface area contributed by atoms with Crippen LogP contribution in [0.1, 0.15) is 10.4 Å². The van der Waals surface area contributed by atoms with Crippen molar-refractivity contribution >= 4 is 11.8 Å². The van der Waals surface area contributed by atoms with E-state index in [2.05, 4.69) is 5.32 Å². The van der Waals surface area contributed by atoms with Crippen LogP contribution in [0.15, 0.2) is 30.3 Å². The molecule has 1 aromatic rings. The first-order chi connectivity index (χ1) is 7.69. The van der Waals surface area contributed by atoms with Crippen molar-refractivity contribution in [2.75, 3.05) is 6.54 Å². The summed E-state index contributed by atoms with van der Waals surface area (Å²) in [6.45, 7) is -0.0923. The summed E-state index contributed by atoms with van der Waals surface area (Å²) in [7, 11) is 0. The van der Waals surface area contributed by atoms with Crippen LogP contribution in [-0.2, 0) is 4.79 Å². The van der Waals surface area contributed by atoms with Gasteiger partial charge in [0.05, 0.1) is 0 Å². The number of carbonyl (C=O) groups excluding carboxylic acids is 2. The highest BCUT2D eigenvalue weighted by Gasteiger charge is 2.18. The van der Waals surface area contributed by atoms with Gasteiger partial charge in [-0.15, -0.1) is 0 Å². The van der Waals surface area contributed by atoms with Crippen molar-refractivity contribution in [2.45, 2.75) is 6.04 Å². The Morgan fingerprint density at radius 2 is 1.94 bits per heavy atom. The molecule has 0 aliphatic carbocycles. The lowest BCUT2D eigenvalue weighted by molar-refractivity contribution is -0.130. The summed E-state index contributed by atoms with van der Waals surface area (Å²) in [4.78, 5) is 22.7. The molecular formula is C10H13N3O3. The van der Waals surface area contributed by atoms with E-state index < -0.39 is 17.9 Å². The smallest absolute Gasteiger partial charge is 0.267 e. The van der Waals surface area contributed by atoms with E-state index in [1.807, 2.05) is 0 Å². The number of amides is 2. The van der Waals surface area contributed by atoms with Crippen LogP contribution in [0.3, 0.4) is 0 Å². The third kappa shape index (κ3) is 3.04. The van der Waals surface area contributed by atoms with Gasteiger partial charge in [0.15, 0.2) is 0 Å². The molecule has 6 heteroatoms. The number of hydrogen-bond donors (Lipinski definition) is 4. The summed E-state index contributed by atoms with van der Waals surface area (Å²) in [5.41, 5.74) is 7.15. The number of hydrogen-bond acceptors (Lipinski definition) is 4. The van der Waals surface area contributed by atoms with E-state index in [9.17, 15) is 9.59 Å². The van der Waals surface area contributed by atoms with Gasteiger partial charge < -0.3 is 11.1 Å². The molecular weight excluding hydrogens is 210 g/mol. The molecule has 0 saturated heterocycles. The molecule has 1 atom stereocenters. The van der Waals surface area contributed by atoms with Crippen LogP contribution in [0.25, 0.3) is 0 Å². The average molecular weight is 223 g/mol. The van der Waals surface area contributed by atoms with Crippen LogP contribution in [0.2, 0.25) is 0 Å². The number of rotatable bonds is 4. The minimum atomic E-state index is -0.947. The number of benzene rings is 1. The zero-order chi connectivity index (χ0) is 12.0. The van der Waals surface area contributed by atoms with Crippen molar-refractivity contribution in [3.8, 4) is 0 Å². The number of nitrogens with two attached hydrogens (primary N) is 1. The molecule has 86 valence electrons. The predicted octanol–water partition coefficient (Wildman–Crippen LogP) is -0.751. The molecule has 0 aliphatic rings. The SMILES string of the molecule is NC[C@H](NC(=O)c1ccccc1)C(=O)NO. The van der Waals surface area contributed by atoms with Gasteiger partial charge in [-0.25, -0.2) is 5.48 Å². The fraction of sp³-hybridized carbons (Fsp3) is 0.200. The molecule has 5 N–H and O–H groups in total. The molecule has 1 rings (SSSR count). The van der Waals surface area contributed by atoms with Gasteiger partial charge in [0.2, 0.25) is 0 Å². The Morgan fingerprint density at radius 1 is 1.31 bits per heavy atom. The monoisotopic (exact) mass is 223 g/mol. The van der Waals surface area contributed by atoms with Crippen molar-refractivity contribution in [3.63, 3.8) is 0 Å². The van der Waals surface area contributed by atoms with Gasteiger partial charge in [0, 0.05) is 12.1 Å². The molecule has 0 spiro atoms. The van der Waals surface area contributed by atoms with E-state index in [1.165, 1.54) is 5.48 Å². The van der Waals surface area contributed by atoms with Gasteiger partial charge in [0.25, 0.3) is 11.8 Å². The standard InChI is InChI=1S/C10H13N3O3/c11-6-8(10(15)13-16)12-9(14)7-4-2-1-3-5-7/h1-5,8,16H,6,11H2,(H,12,14)(H,13,15)/t8-/m0/s1. The van der Waals surface area contributed by atoms with Crippen molar-refractivity contribution in [1.82, 2.24) is 10.8 Å². The number of carbonyl (C=O) groups is 2. The van der Waals surface area contributed by atoms with Crippen molar-refractivity contribution < 1.29 is 14.8 Å². The lowest BCUT2D eigenvalue weighted by atomic mass is 10.2. The maximum atomic E-state index is 11.6. The Balaban J connectivity index is 2.66. The van der Waals surface area contributed by atoms with E-state index in [-0.39, 0.29) is 6.54 Å². The van der Waals surface area contributed by atoms with E-state index >= 15 is 0 Å². The largest absolute Gasteiger partial charge is 0.339 e. The fourth-order valence-electron chi connectivity index (χ4n) is 1.14. The van der Waals surface area contributed by atoms with Crippen LogP contribution in [-0.4, -0.2) is 29.6 Å². The van der Waals surface area contributed by atoms with Crippen molar-refractivity contribution in [2.24, 2.45) is 5.73 Å². The minimum Gasteiger partial charge on any atom is -0.339 e. The Labute approximate surface area is 92.4 Å². The second kappa shape index (κ2) is 5.84. The molecule has 0 aromatic heterocycles. The Kier molecular flexibility index (Phi) is 4.43. The highest BCUT2D eigenvalue weighted by molar-refractivity contribution is 5.97. The molecule has 0 bridgehead atoms. The van der Waals surface area contributed by atoms with Crippen LogP contribution >= 0.6 is 0 Å². The maximum absolute atomic E-state index is 11.6. The highest BCUT2D eigenvalue weighted by atomic mass is 16.5. The van der Waals surface area contributed by atoms with E-state index in [0.29, 0.717) is 5.56 Å². The van der Waals surface area contributed by atoms with Crippen LogP contribution in [0.5, 0.6) is 0 Å². The van der Waals surface area contributed by atoms with Gasteiger partial charge in [0.1, 0.15) is 6.04 Å². The summed E-state index contributed by atoms with van der Waals surface area (Å²) in [5.74, 6) is -1.16. The van der Waals surface area contributed by atoms with Gasteiger partial charge in [-0.05, 0) is 12.1 Å². The van der Waals surface area contributed by atoms with Gasteiger partial charge in [-0.2, -0.15) is 0 Å². The quantitative estimate of drug-likeness (QED) is 0.398. The zero-order valence-electron chi connectivity index (χ0n) is 8.51. The Hall–Kier alpha value is -1.92. The van der Waals surface area contributed by atoms with Crippen molar-refractivity contribution in [1.29, 1.82) is 0 Å². The lowest BCUT2D eigenvalue weighted by Gasteiger charge is -2.14. The summed E-state index contributed by atoms with van der Waals surface area (Å²) in [6.07, 6.45) is 0. The van der Waals surface area contributed by atoms with Crippen molar-refractivity contribution in [3.05, 3.63) is 35.9 Å². The fourth-order valence-corrected chi connectivity index (χ4v) is 1.14. The number of hydroxylamine groups is 1. The topological polar surface area (TPSA) is 104 Å². The van der Waals surface area contributed by atoms with Gasteiger partial charge >= 0.3 is 0 Å². The van der Waals surface area contributed by atoms with Gasteiger partial charge in [-0.1, -0.05) is 18.2 Å². The Bertz CT molecular complexity index is 367. The third-order valence-corrected chi connectivity index (χ3v) is 2.00. The third-order valence-electron chi connectivity index (χ3n) is 2.00. The summed E-state index contributed by atoms with van der Waals surface area (Å²) >= 11 is 0. The normalized spacial score (nSPS) is 11.6. The molecule has 0 heterocycles. The first-order valence-electron chi connectivity index (χ1n) is 4.69. The molecule has 0 radical (unpaired) electrons.